The highest BCUT2D eigenvalue weighted by Gasteiger charge is 2.35. The van der Waals surface area contributed by atoms with E-state index in [0.29, 0.717) is 18.5 Å². The van der Waals surface area contributed by atoms with Crippen molar-refractivity contribution in [3.05, 3.63) is 35.9 Å². The maximum Gasteiger partial charge on any atom is 0.237 e. The van der Waals surface area contributed by atoms with E-state index < -0.39 is 0 Å². The summed E-state index contributed by atoms with van der Waals surface area (Å²) in [7, 11) is 0. The van der Waals surface area contributed by atoms with Crippen molar-refractivity contribution in [1.29, 1.82) is 0 Å². The predicted molar refractivity (Wildman–Crippen MR) is 105 cm³/mol. The van der Waals surface area contributed by atoms with Gasteiger partial charge in [-0.2, -0.15) is 0 Å². The Labute approximate surface area is 158 Å². The number of benzene rings is 1. The molecule has 140 valence electrons. The Morgan fingerprint density at radius 3 is 2.44 bits per heavy atom. The Kier molecular flexibility index (Phi) is 7.29. The molecular weight excluding hydrogens is 334 g/mol. The number of rotatable bonds is 5. The lowest BCUT2D eigenvalue weighted by Gasteiger charge is -2.34. The first-order valence-electron chi connectivity index (χ1n) is 9.40. The molecule has 1 saturated carbocycles. The van der Waals surface area contributed by atoms with Gasteiger partial charge in [0, 0.05) is 37.1 Å². The monoisotopic (exact) mass is 365 g/mol. The summed E-state index contributed by atoms with van der Waals surface area (Å²) in [5.74, 6) is 0.607. The van der Waals surface area contributed by atoms with Crippen molar-refractivity contribution in [3.8, 4) is 0 Å². The summed E-state index contributed by atoms with van der Waals surface area (Å²) in [5.41, 5.74) is 7.66. The highest BCUT2D eigenvalue weighted by molar-refractivity contribution is 5.85. The van der Waals surface area contributed by atoms with Crippen LogP contribution in [0.15, 0.2) is 30.3 Å². The summed E-state index contributed by atoms with van der Waals surface area (Å²) < 4.78 is 0. The van der Waals surface area contributed by atoms with Gasteiger partial charge in [0.2, 0.25) is 5.91 Å². The van der Waals surface area contributed by atoms with Gasteiger partial charge in [0.05, 0.1) is 6.54 Å². The highest BCUT2D eigenvalue weighted by atomic mass is 35.5. The molecule has 1 heterocycles. The first kappa shape index (κ1) is 20.2. The number of carbonyl (C=O) groups is 1. The normalized spacial score (nSPS) is 24.5. The van der Waals surface area contributed by atoms with Crippen molar-refractivity contribution in [2.45, 2.75) is 63.6 Å². The van der Waals surface area contributed by atoms with Crippen LogP contribution in [0, 0.1) is 0 Å². The summed E-state index contributed by atoms with van der Waals surface area (Å²) >= 11 is 0. The topological polar surface area (TPSA) is 49.6 Å². The van der Waals surface area contributed by atoms with E-state index in [0.717, 1.165) is 25.9 Å². The van der Waals surface area contributed by atoms with Crippen LogP contribution < -0.4 is 5.73 Å². The van der Waals surface area contributed by atoms with Crippen molar-refractivity contribution < 1.29 is 4.79 Å². The van der Waals surface area contributed by atoms with Crippen LogP contribution in [0.25, 0.3) is 0 Å². The SMILES string of the molecule is CC(C)N(C(=O)CN1C[C@@H](N)[C@H](c2ccccc2)C1)C1CCCC1.Cl. The molecule has 2 aliphatic rings. The van der Waals surface area contributed by atoms with Crippen LogP contribution in [0.2, 0.25) is 0 Å². The Morgan fingerprint density at radius 1 is 1.20 bits per heavy atom. The van der Waals surface area contributed by atoms with Gasteiger partial charge in [-0.1, -0.05) is 43.2 Å². The van der Waals surface area contributed by atoms with Crippen molar-refractivity contribution in [2.75, 3.05) is 19.6 Å². The predicted octanol–water partition coefficient (Wildman–Crippen LogP) is 3.01. The molecule has 1 aromatic carbocycles. The Morgan fingerprint density at radius 2 is 1.84 bits per heavy atom. The number of halogens is 1. The fourth-order valence-electron chi connectivity index (χ4n) is 4.46. The van der Waals surface area contributed by atoms with E-state index in [4.69, 9.17) is 5.73 Å². The largest absolute Gasteiger partial charge is 0.336 e. The quantitative estimate of drug-likeness (QED) is 0.872. The Hall–Kier alpha value is -1.10. The molecule has 2 fully saturated rings. The molecule has 0 radical (unpaired) electrons. The minimum absolute atomic E-state index is 0. The van der Waals surface area contributed by atoms with Gasteiger partial charge in [0.25, 0.3) is 0 Å². The second kappa shape index (κ2) is 9.02. The summed E-state index contributed by atoms with van der Waals surface area (Å²) in [5, 5.41) is 0. The number of amides is 1. The minimum atomic E-state index is 0. The molecule has 0 unspecified atom stereocenters. The van der Waals surface area contributed by atoms with Gasteiger partial charge in [0.15, 0.2) is 0 Å². The minimum Gasteiger partial charge on any atom is -0.336 e. The van der Waals surface area contributed by atoms with Crippen LogP contribution >= 0.6 is 12.4 Å². The lowest BCUT2D eigenvalue weighted by atomic mass is 9.95. The highest BCUT2D eigenvalue weighted by Crippen LogP contribution is 2.28. The molecule has 1 amide bonds. The number of nitrogens with zero attached hydrogens (tertiary/aromatic N) is 2. The molecule has 3 rings (SSSR count). The van der Waals surface area contributed by atoms with Gasteiger partial charge < -0.3 is 10.6 Å². The Balaban J connectivity index is 0.00000225. The van der Waals surface area contributed by atoms with E-state index >= 15 is 0 Å². The summed E-state index contributed by atoms with van der Waals surface area (Å²) in [6, 6.07) is 11.3. The zero-order chi connectivity index (χ0) is 17.1. The third-order valence-corrected chi connectivity index (χ3v) is 5.59. The van der Waals surface area contributed by atoms with Crippen molar-refractivity contribution in [1.82, 2.24) is 9.80 Å². The number of hydrogen-bond acceptors (Lipinski definition) is 3. The fraction of sp³-hybridized carbons (Fsp3) is 0.650. The van der Waals surface area contributed by atoms with E-state index in [-0.39, 0.29) is 30.4 Å². The summed E-state index contributed by atoms with van der Waals surface area (Å²) in [4.78, 5) is 17.3. The van der Waals surface area contributed by atoms with Gasteiger partial charge in [-0.3, -0.25) is 9.69 Å². The molecule has 2 N–H and O–H groups in total. The van der Waals surface area contributed by atoms with Crippen molar-refractivity contribution in [2.24, 2.45) is 5.73 Å². The third kappa shape index (κ3) is 4.75. The average Bonchev–Trinajstić information content (AvgIpc) is 3.18. The van der Waals surface area contributed by atoms with E-state index in [1.165, 1.54) is 18.4 Å². The van der Waals surface area contributed by atoms with Crippen LogP contribution in [0.5, 0.6) is 0 Å². The number of carbonyl (C=O) groups excluding carboxylic acids is 1. The van der Waals surface area contributed by atoms with E-state index in [2.05, 4.69) is 47.9 Å². The van der Waals surface area contributed by atoms with Gasteiger partial charge in [0.1, 0.15) is 0 Å². The maximum atomic E-state index is 12.9. The van der Waals surface area contributed by atoms with E-state index in [1.54, 1.807) is 0 Å². The van der Waals surface area contributed by atoms with E-state index in [1.807, 2.05) is 6.07 Å². The average molecular weight is 366 g/mol. The van der Waals surface area contributed by atoms with Crippen LogP contribution in [-0.4, -0.2) is 53.5 Å². The molecule has 0 aromatic heterocycles. The summed E-state index contributed by atoms with van der Waals surface area (Å²) in [6.07, 6.45) is 4.84. The van der Waals surface area contributed by atoms with Gasteiger partial charge in [-0.15, -0.1) is 12.4 Å². The van der Waals surface area contributed by atoms with Crippen LogP contribution in [0.3, 0.4) is 0 Å². The fourth-order valence-corrected chi connectivity index (χ4v) is 4.46. The number of hydrogen-bond donors (Lipinski definition) is 1. The molecule has 0 spiro atoms. The Bertz CT molecular complexity index is 545. The molecule has 4 nitrogen and oxygen atoms in total. The summed E-state index contributed by atoms with van der Waals surface area (Å²) in [6.45, 7) is 6.47. The smallest absolute Gasteiger partial charge is 0.237 e. The number of nitrogens with two attached hydrogens (primary N) is 1. The van der Waals surface area contributed by atoms with Crippen molar-refractivity contribution in [3.63, 3.8) is 0 Å². The molecule has 1 saturated heterocycles. The molecule has 5 heteroatoms. The molecule has 2 atom stereocenters. The third-order valence-electron chi connectivity index (χ3n) is 5.59. The van der Waals surface area contributed by atoms with Gasteiger partial charge >= 0.3 is 0 Å². The van der Waals surface area contributed by atoms with Gasteiger partial charge in [-0.25, -0.2) is 0 Å². The lowest BCUT2D eigenvalue weighted by Crippen LogP contribution is -2.48. The molecule has 1 aromatic rings. The second-order valence-electron chi connectivity index (χ2n) is 7.71. The van der Waals surface area contributed by atoms with E-state index in [9.17, 15) is 4.79 Å². The first-order valence-corrected chi connectivity index (χ1v) is 9.40. The van der Waals surface area contributed by atoms with Crippen LogP contribution in [0.1, 0.15) is 51.0 Å². The molecule has 1 aliphatic carbocycles. The van der Waals surface area contributed by atoms with Crippen LogP contribution in [0.4, 0.5) is 0 Å². The molecule has 0 bridgehead atoms. The van der Waals surface area contributed by atoms with Crippen molar-refractivity contribution >= 4 is 18.3 Å². The lowest BCUT2D eigenvalue weighted by molar-refractivity contribution is -0.136. The molecule has 25 heavy (non-hydrogen) atoms. The standard InChI is InChI=1S/C20H31N3O.ClH/c1-15(2)23(17-10-6-7-11-17)20(24)14-22-12-18(19(21)13-22)16-8-4-3-5-9-16;/h3-5,8-9,15,17-19H,6-7,10-14,21H2,1-2H3;1H/t18-,19+;/m0./s1. The molecular formula is C20H32ClN3O. The maximum absolute atomic E-state index is 12.9. The first-order chi connectivity index (χ1) is 11.6. The van der Waals surface area contributed by atoms with Crippen LogP contribution in [-0.2, 0) is 4.79 Å². The molecule has 1 aliphatic heterocycles. The number of likely N-dealkylation sites (tertiary alicyclic amines) is 1. The zero-order valence-electron chi connectivity index (χ0n) is 15.4. The zero-order valence-corrected chi connectivity index (χ0v) is 16.3. The second-order valence-corrected chi connectivity index (χ2v) is 7.71. The van der Waals surface area contributed by atoms with Gasteiger partial charge in [-0.05, 0) is 32.3 Å².